The van der Waals surface area contributed by atoms with Crippen LogP contribution in [0.4, 0.5) is 0 Å². The molecule has 7 aromatic carbocycles. The van der Waals surface area contributed by atoms with Gasteiger partial charge in [0.25, 0.3) is 0 Å². The molecule has 0 amide bonds. The third-order valence-electron chi connectivity index (χ3n) is 8.90. The van der Waals surface area contributed by atoms with Crippen LogP contribution in [0.25, 0.3) is 99.6 Å². The van der Waals surface area contributed by atoms with Crippen molar-refractivity contribution < 1.29 is 8.83 Å². The lowest BCUT2D eigenvalue weighted by Gasteiger charge is -2.09. The van der Waals surface area contributed by atoms with E-state index in [2.05, 4.69) is 72.8 Å². The minimum absolute atomic E-state index is 0.548. The van der Waals surface area contributed by atoms with E-state index in [1.54, 1.807) is 0 Å². The van der Waals surface area contributed by atoms with Gasteiger partial charge < -0.3 is 8.83 Å². The Morgan fingerprint density at radius 3 is 1.91 bits per heavy atom. The van der Waals surface area contributed by atoms with Crippen molar-refractivity contribution in [2.45, 2.75) is 0 Å². The maximum absolute atomic E-state index is 6.84. The molecule has 0 saturated heterocycles. The summed E-state index contributed by atoms with van der Waals surface area (Å²) in [6.45, 7) is 0. The van der Waals surface area contributed by atoms with Gasteiger partial charge in [-0.1, -0.05) is 121 Å². The molecule has 3 aromatic heterocycles. The number of benzene rings is 7. The number of nitrogens with zero attached hydrogens (tertiary/aromatic N) is 3. The molecule has 5 nitrogen and oxygen atoms in total. The van der Waals surface area contributed by atoms with E-state index in [0.29, 0.717) is 23.1 Å². The van der Waals surface area contributed by atoms with E-state index >= 15 is 0 Å². The third-order valence-corrected chi connectivity index (χ3v) is 8.90. The zero-order valence-corrected chi connectivity index (χ0v) is 24.4. The predicted octanol–water partition coefficient (Wildman–Crippen LogP) is 11.0. The van der Waals surface area contributed by atoms with Crippen molar-refractivity contribution in [1.29, 1.82) is 0 Å². The van der Waals surface area contributed by atoms with Gasteiger partial charge in [-0.15, -0.1) is 0 Å². The average molecular weight is 590 g/mol. The highest BCUT2D eigenvalue weighted by molar-refractivity contribution is 6.34. The minimum Gasteiger partial charge on any atom is -0.455 e. The van der Waals surface area contributed by atoms with Gasteiger partial charge in [0.2, 0.25) is 0 Å². The second-order valence-corrected chi connectivity index (χ2v) is 11.6. The molecule has 0 atom stereocenters. The Kier molecular flexibility index (Phi) is 5.22. The Morgan fingerprint density at radius 2 is 1.04 bits per heavy atom. The molecule has 0 saturated carbocycles. The van der Waals surface area contributed by atoms with E-state index < -0.39 is 0 Å². The van der Waals surface area contributed by atoms with Gasteiger partial charge in [0, 0.05) is 32.7 Å². The van der Waals surface area contributed by atoms with Crippen molar-refractivity contribution in [3.8, 4) is 34.2 Å². The third kappa shape index (κ3) is 3.66. The van der Waals surface area contributed by atoms with Gasteiger partial charge in [-0.05, 0) is 34.4 Å². The van der Waals surface area contributed by atoms with Crippen LogP contribution in [0.15, 0.2) is 148 Å². The lowest BCUT2D eigenvalue weighted by atomic mass is 9.99. The summed E-state index contributed by atoms with van der Waals surface area (Å²) in [5, 5.41) is 8.52. The maximum atomic E-state index is 6.84. The Bertz CT molecular complexity index is 2810. The predicted molar refractivity (Wildman–Crippen MR) is 186 cm³/mol. The molecule has 0 fully saturated rings. The van der Waals surface area contributed by atoms with Gasteiger partial charge >= 0.3 is 0 Å². The molecule has 214 valence electrons. The summed E-state index contributed by atoms with van der Waals surface area (Å²) in [6, 6.07) is 47.4. The zero-order chi connectivity index (χ0) is 30.2. The van der Waals surface area contributed by atoms with E-state index in [1.807, 2.05) is 66.7 Å². The first-order valence-corrected chi connectivity index (χ1v) is 15.3. The van der Waals surface area contributed by atoms with Gasteiger partial charge in [0.15, 0.2) is 17.5 Å². The summed E-state index contributed by atoms with van der Waals surface area (Å²) >= 11 is 0. The molecule has 10 rings (SSSR count). The van der Waals surface area contributed by atoms with Gasteiger partial charge in [0.05, 0.1) is 10.9 Å². The van der Waals surface area contributed by atoms with Crippen LogP contribution in [-0.4, -0.2) is 15.0 Å². The Labute approximate surface area is 262 Å². The van der Waals surface area contributed by atoms with Crippen LogP contribution < -0.4 is 0 Å². The normalized spacial score (nSPS) is 11.9. The molecule has 3 heterocycles. The number of hydrogen-bond donors (Lipinski definition) is 0. The van der Waals surface area contributed by atoms with Crippen molar-refractivity contribution in [3.05, 3.63) is 140 Å². The van der Waals surface area contributed by atoms with Gasteiger partial charge in [0.1, 0.15) is 22.3 Å². The summed E-state index contributed by atoms with van der Waals surface area (Å²) in [5.74, 6) is 1.76. The first-order valence-electron chi connectivity index (χ1n) is 15.3. The fourth-order valence-electron chi connectivity index (χ4n) is 6.77. The van der Waals surface area contributed by atoms with E-state index in [1.165, 1.54) is 5.39 Å². The Balaban J connectivity index is 1.29. The van der Waals surface area contributed by atoms with Gasteiger partial charge in [-0.2, -0.15) is 0 Å². The molecule has 0 spiro atoms. The fourth-order valence-corrected chi connectivity index (χ4v) is 6.77. The second-order valence-electron chi connectivity index (χ2n) is 11.6. The van der Waals surface area contributed by atoms with Crippen molar-refractivity contribution >= 4 is 65.4 Å². The lowest BCUT2D eigenvalue weighted by Crippen LogP contribution is -2.00. The standard InChI is InChI=1S/C41H23N3O2/c1-2-12-25(13-3-1)39-42-40(27-22-21-24-11-4-5-14-26(24)23-27)44-41(43-39)32-19-10-18-31-35-37(46-36(31)32)29-16-7-6-15-28(29)34-30-17-8-9-20-33(30)45-38(34)35/h1-23H. The summed E-state index contributed by atoms with van der Waals surface area (Å²) in [7, 11) is 0. The molecule has 0 aliphatic heterocycles. The molecule has 46 heavy (non-hydrogen) atoms. The molecule has 5 heteroatoms. The largest absolute Gasteiger partial charge is 0.455 e. The molecule has 0 aliphatic carbocycles. The Hall–Kier alpha value is -6.33. The molecule has 0 aliphatic rings. The zero-order valence-electron chi connectivity index (χ0n) is 24.4. The number of hydrogen-bond acceptors (Lipinski definition) is 5. The first kappa shape index (κ1) is 25.0. The van der Waals surface area contributed by atoms with Crippen LogP contribution in [0.5, 0.6) is 0 Å². The number of furan rings is 2. The highest BCUT2D eigenvalue weighted by Crippen LogP contribution is 2.46. The van der Waals surface area contributed by atoms with E-state index in [9.17, 15) is 0 Å². The van der Waals surface area contributed by atoms with E-state index in [0.717, 1.165) is 71.1 Å². The summed E-state index contributed by atoms with van der Waals surface area (Å²) in [4.78, 5) is 15.1. The van der Waals surface area contributed by atoms with Crippen LogP contribution in [0.3, 0.4) is 0 Å². The molecule has 0 radical (unpaired) electrons. The minimum atomic E-state index is 0.548. The summed E-state index contributed by atoms with van der Waals surface area (Å²) in [6.07, 6.45) is 0. The summed E-state index contributed by atoms with van der Waals surface area (Å²) in [5.41, 5.74) is 5.81. The Morgan fingerprint density at radius 1 is 0.370 bits per heavy atom. The highest BCUT2D eigenvalue weighted by atomic mass is 16.3. The monoisotopic (exact) mass is 589 g/mol. The highest BCUT2D eigenvalue weighted by Gasteiger charge is 2.23. The molecule has 0 bridgehead atoms. The quantitative estimate of drug-likeness (QED) is 0.205. The summed E-state index contributed by atoms with van der Waals surface area (Å²) < 4.78 is 13.4. The van der Waals surface area contributed by atoms with Crippen LogP contribution in [0.2, 0.25) is 0 Å². The molecule has 0 N–H and O–H groups in total. The van der Waals surface area contributed by atoms with Crippen LogP contribution in [0, 0.1) is 0 Å². The molecular formula is C41H23N3O2. The topological polar surface area (TPSA) is 65.0 Å². The maximum Gasteiger partial charge on any atom is 0.167 e. The smallest absolute Gasteiger partial charge is 0.167 e. The SMILES string of the molecule is c1ccc(-c2nc(-c3ccc4ccccc4c3)nc(-c3cccc4c3oc3c5ccccc5c5c6ccccc6oc5c43)n2)cc1. The van der Waals surface area contributed by atoms with Crippen LogP contribution in [0.1, 0.15) is 0 Å². The van der Waals surface area contributed by atoms with Gasteiger partial charge in [-0.3, -0.25) is 0 Å². The number of para-hydroxylation sites is 2. The average Bonchev–Trinajstić information content (AvgIpc) is 3.71. The molecule has 10 aromatic rings. The molecular weight excluding hydrogens is 566 g/mol. The van der Waals surface area contributed by atoms with Crippen molar-refractivity contribution in [3.63, 3.8) is 0 Å². The fraction of sp³-hybridized carbons (Fsp3) is 0. The van der Waals surface area contributed by atoms with Crippen LogP contribution >= 0.6 is 0 Å². The number of aromatic nitrogens is 3. The van der Waals surface area contributed by atoms with E-state index in [-0.39, 0.29) is 0 Å². The molecule has 0 unspecified atom stereocenters. The lowest BCUT2D eigenvalue weighted by molar-refractivity contribution is 0.665. The van der Waals surface area contributed by atoms with Gasteiger partial charge in [-0.25, -0.2) is 15.0 Å². The van der Waals surface area contributed by atoms with Crippen LogP contribution in [-0.2, 0) is 0 Å². The van der Waals surface area contributed by atoms with Crippen molar-refractivity contribution in [2.75, 3.05) is 0 Å². The van der Waals surface area contributed by atoms with Crippen molar-refractivity contribution in [2.24, 2.45) is 0 Å². The van der Waals surface area contributed by atoms with E-state index in [4.69, 9.17) is 23.8 Å². The number of rotatable bonds is 3. The van der Waals surface area contributed by atoms with Crippen molar-refractivity contribution in [1.82, 2.24) is 15.0 Å². The number of fused-ring (bicyclic) bond motifs is 11. The second kappa shape index (κ2) is 9.58. The first-order chi connectivity index (χ1) is 22.8.